The topological polar surface area (TPSA) is 12.0 Å². The van der Waals surface area contributed by atoms with Crippen molar-refractivity contribution in [3.05, 3.63) is 12.2 Å². The highest BCUT2D eigenvalue weighted by atomic mass is 127. The van der Waals surface area contributed by atoms with Crippen LogP contribution in [0.15, 0.2) is 12.2 Å². The zero-order chi connectivity index (χ0) is 7.11. The van der Waals surface area contributed by atoms with Crippen molar-refractivity contribution in [2.24, 2.45) is 0 Å². The van der Waals surface area contributed by atoms with Gasteiger partial charge in [0.15, 0.2) is 0 Å². The maximum Gasteiger partial charge on any atom is 0.0381 e. The summed E-state index contributed by atoms with van der Waals surface area (Å²) in [5.74, 6) is 0. The Labute approximate surface area is 63.5 Å². The highest BCUT2D eigenvalue weighted by Crippen LogP contribution is 2.00. The first-order valence-electron chi connectivity index (χ1n) is 2.85. The van der Waals surface area contributed by atoms with Gasteiger partial charge in [0.2, 0.25) is 0 Å². The Morgan fingerprint density at radius 1 is 1.67 bits per heavy atom. The quantitative estimate of drug-likeness (QED) is 0.447. The van der Waals surface area contributed by atoms with Crippen LogP contribution in [0.4, 0.5) is 0 Å². The molecule has 0 aromatic rings. The molecule has 0 aliphatic heterocycles. The van der Waals surface area contributed by atoms with E-state index in [1.165, 1.54) is 0 Å². The minimum Gasteiger partial charge on any atom is -0.312 e. The molecule has 9 heavy (non-hydrogen) atoms. The zero-order valence-corrected chi connectivity index (χ0v) is 8.18. The molecule has 1 N–H and O–H groups in total. The van der Waals surface area contributed by atoms with E-state index in [0.717, 1.165) is 4.55 Å². The predicted octanol–water partition coefficient (Wildman–Crippen LogP) is 1.48. The van der Waals surface area contributed by atoms with Gasteiger partial charge in [0.25, 0.3) is 0 Å². The van der Waals surface area contributed by atoms with Gasteiger partial charge in [-0.1, -0.05) is 16.7 Å². The smallest absolute Gasteiger partial charge is 0.0381 e. The summed E-state index contributed by atoms with van der Waals surface area (Å²) < 4.78 is 7.39. The van der Waals surface area contributed by atoms with Gasteiger partial charge in [-0.25, -0.2) is 0 Å². The van der Waals surface area contributed by atoms with E-state index in [1.807, 2.05) is 20.0 Å². The van der Waals surface area contributed by atoms with E-state index < -0.39 is 18.9 Å². The normalized spacial score (nSPS) is 14.9. The molecule has 2 heteroatoms. The Morgan fingerprint density at radius 3 is 2.78 bits per heavy atom. The van der Waals surface area contributed by atoms with Crippen molar-refractivity contribution in [3.8, 4) is 0 Å². The number of rotatable bonds is 3. The van der Waals surface area contributed by atoms with Crippen LogP contribution in [0.1, 0.15) is 6.92 Å². The van der Waals surface area contributed by atoms with Gasteiger partial charge < -0.3 is 5.32 Å². The molecule has 54 valence electrons. The molecule has 0 amide bonds. The van der Waals surface area contributed by atoms with Crippen molar-refractivity contribution < 1.29 is 0 Å². The molecule has 0 aliphatic rings. The lowest BCUT2D eigenvalue weighted by Crippen LogP contribution is -2.01. The standard InChI is InChI=1S/C7H14IN/c1-4-5-6-8(2)7-9-3/h4-6,9H,2,7H2,1,3H3/b5-4-. The van der Waals surface area contributed by atoms with Crippen LogP contribution >= 0.6 is 18.9 Å². The van der Waals surface area contributed by atoms with Crippen LogP contribution in [-0.2, 0) is 0 Å². The number of hydrogen-bond acceptors (Lipinski definition) is 1. The molecule has 1 nitrogen and oxygen atoms in total. The molecule has 0 aromatic heterocycles. The van der Waals surface area contributed by atoms with E-state index in [9.17, 15) is 0 Å². The second-order valence-electron chi connectivity index (χ2n) is 1.64. The van der Waals surface area contributed by atoms with E-state index in [1.54, 1.807) is 0 Å². The first-order chi connectivity index (χ1) is 4.31. The third-order valence-corrected chi connectivity index (χ3v) is 3.92. The SMILES string of the molecule is C=I(=C\C=C/C)/CNC. The lowest BCUT2D eigenvalue weighted by atomic mass is 10.6. The van der Waals surface area contributed by atoms with Crippen molar-refractivity contribution in [3.63, 3.8) is 0 Å². The number of alkyl halides is 1. The van der Waals surface area contributed by atoms with E-state index in [0.29, 0.717) is 0 Å². The fourth-order valence-electron chi connectivity index (χ4n) is 0.392. The molecule has 0 atom stereocenters. The van der Waals surface area contributed by atoms with Crippen molar-refractivity contribution in [2.75, 3.05) is 11.6 Å². The predicted molar refractivity (Wildman–Crippen MR) is 55.9 cm³/mol. The first kappa shape index (κ1) is 9.17. The third kappa shape index (κ3) is 6.05. The van der Waals surface area contributed by atoms with Crippen LogP contribution in [0.5, 0.6) is 0 Å². The fourth-order valence-corrected chi connectivity index (χ4v) is 2.63. The fraction of sp³-hybridized carbons (Fsp3) is 0.429. The summed E-state index contributed by atoms with van der Waals surface area (Å²) in [6.07, 6.45) is 4.14. The van der Waals surface area contributed by atoms with Crippen molar-refractivity contribution in [1.82, 2.24) is 5.32 Å². The lowest BCUT2D eigenvalue weighted by molar-refractivity contribution is 1.00. The van der Waals surface area contributed by atoms with Gasteiger partial charge in [0, 0.05) is 4.55 Å². The minimum atomic E-state index is -0.945. The first-order valence-corrected chi connectivity index (χ1v) is 7.15. The molecule has 0 radical (unpaired) electrons. The highest BCUT2D eigenvalue weighted by Gasteiger charge is 1.70. The van der Waals surface area contributed by atoms with Crippen LogP contribution in [-0.4, -0.2) is 20.1 Å². The molecule has 0 heterocycles. The average molecular weight is 239 g/mol. The van der Waals surface area contributed by atoms with Crippen LogP contribution in [0.25, 0.3) is 0 Å². The molecule has 0 rings (SSSR count). The van der Waals surface area contributed by atoms with Gasteiger partial charge in [-0.2, -0.15) is 0 Å². The van der Waals surface area contributed by atoms with Crippen LogP contribution in [0, 0.1) is 0 Å². The maximum atomic E-state index is 4.05. The molecule has 0 spiro atoms. The Hall–Kier alpha value is 0.170. The highest BCUT2D eigenvalue weighted by molar-refractivity contribution is 14.2. The molecular formula is C7H14IN. The molecule has 0 aliphatic carbocycles. The van der Waals surface area contributed by atoms with E-state index in [-0.39, 0.29) is 0 Å². The number of nitrogens with one attached hydrogen (secondary N) is 1. The molecular weight excluding hydrogens is 225 g/mol. The van der Waals surface area contributed by atoms with E-state index in [2.05, 4.69) is 19.9 Å². The Balaban J connectivity index is 3.70. The van der Waals surface area contributed by atoms with Gasteiger partial charge in [-0.15, -0.1) is 18.9 Å². The van der Waals surface area contributed by atoms with Crippen molar-refractivity contribution in [1.29, 1.82) is 0 Å². The Morgan fingerprint density at radius 2 is 2.33 bits per heavy atom. The molecule has 0 saturated carbocycles. The Bertz CT molecular complexity index is 152. The van der Waals surface area contributed by atoms with Gasteiger partial charge >= 0.3 is 0 Å². The van der Waals surface area contributed by atoms with Gasteiger partial charge in [-0.3, -0.25) is 0 Å². The van der Waals surface area contributed by atoms with Gasteiger partial charge in [-0.05, 0) is 18.0 Å². The maximum absolute atomic E-state index is 4.05. The summed E-state index contributed by atoms with van der Waals surface area (Å²) in [7, 11) is 1.97. The average Bonchev–Trinajstić information content (AvgIpc) is 1.85. The third-order valence-electron chi connectivity index (χ3n) is 0.749. The largest absolute Gasteiger partial charge is 0.312 e. The lowest BCUT2D eigenvalue weighted by Gasteiger charge is -1.89. The number of halogens is 1. The van der Waals surface area contributed by atoms with Gasteiger partial charge in [0.05, 0.1) is 0 Å². The molecule has 0 saturated heterocycles. The molecule has 0 fully saturated rings. The molecule has 0 bridgehead atoms. The zero-order valence-electron chi connectivity index (χ0n) is 6.02. The Kier molecular flexibility index (Phi) is 6.41. The van der Waals surface area contributed by atoms with Crippen LogP contribution < -0.4 is 5.32 Å². The number of allylic oxidation sites excluding steroid dienone is 2. The second kappa shape index (κ2) is 6.29. The van der Waals surface area contributed by atoms with Crippen LogP contribution in [0.2, 0.25) is 0 Å². The summed E-state index contributed by atoms with van der Waals surface area (Å²) in [6, 6.07) is 0. The van der Waals surface area contributed by atoms with Crippen molar-refractivity contribution in [2.45, 2.75) is 6.92 Å². The van der Waals surface area contributed by atoms with E-state index in [4.69, 9.17) is 0 Å². The summed E-state index contributed by atoms with van der Waals surface area (Å²) in [5.41, 5.74) is 0. The summed E-state index contributed by atoms with van der Waals surface area (Å²) in [4.78, 5) is 0. The van der Waals surface area contributed by atoms with Crippen molar-refractivity contribution >= 4 is 27.4 Å². The molecule has 0 unspecified atom stereocenters. The summed E-state index contributed by atoms with van der Waals surface area (Å²) >= 11 is -0.945. The summed E-state index contributed by atoms with van der Waals surface area (Å²) in [5, 5.41) is 3.12. The number of hydrogen-bond donors (Lipinski definition) is 1. The molecule has 0 aromatic carbocycles. The second-order valence-corrected chi connectivity index (χ2v) is 5.96. The monoisotopic (exact) mass is 239 g/mol. The van der Waals surface area contributed by atoms with Gasteiger partial charge in [0.1, 0.15) is 0 Å². The minimum absolute atomic E-state index is 0.945. The van der Waals surface area contributed by atoms with Crippen LogP contribution in [0.3, 0.4) is 0 Å². The van der Waals surface area contributed by atoms with E-state index >= 15 is 0 Å². The summed E-state index contributed by atoms with van der Waals surface area (Å²) in [6.45, 7) is 2.03.